The molecular weight excluding hydrogens is 482 g/mol. The van der Waals surface area contributed by atoms with Gasteiger partial charge in [-0.2, -0.15) is 8.42 Å². The average molecular weight is 543 g/mol. The van der Waals surface area contributed by atoms with Crippen LogP contribution in [0.2, 0.25) is 0 Å². The van der Waals surface area contributed by atoms with Crippen LogP contribution in [0.5, 0.6) is 0 Å². The summed E-state index contributed by atoms with van der Waals surface area (Å²) < 4.78 is 32.4. The van der Waals surface area contributed by atoms with Crippen LogP contribution in [0.1, 0.15) is 129 Å². The predicted molar refractivity (Wildman–Crippen MR) is 149 cm³/mol. The minimum atomic E-state index is -4.67. The molecule has 0 aliphatic heterocycles. The first-order valence-electron chi connectivity index (χ1n) is 14.6. The lowest BCUT2D eigenvalue weighted by Crippen LogP contribution is -2.54. The van der Waals surface area contributed by atoms with Crippen molar-refractivity contribution in [2.45, 2.75) is 136 Å². The molecule has 0 heterocycles. The van der Waals surface area contributed by atoms with Crippen LogP contribution in [0.4, 0.5) is 0 Å². The minimum absolute atomic E-state index is 0.210. The van der Waals surface area contributed by atoms with Gasteiger partial charge in [0, 0.05) is 26.1 Å². The van der Waals surface area contributed by atoms with E-state index < -0.39 is 10.4 Å². The Morgan fingerprint density at radius 3 is 1.25 bits per heavy atom. The lowest BCUT2D eigenvalue weighted by atomic mass is 10.0. The van der Waals surface area contributed by atoms with Gasteiger partial charge in [0.25, 0.3) is 0 Å². The van der Waals surface area contributed by atoms with E-state index in [1.807, 2.05) is 0 Å². The molecule has 0 aliphatic carbocycles. The molecule has 0 aromatic rings. The number of rotatable bonds is 25. The van der Waals surface area contributed by atoms with Gasteiger partial charge in [-0.3, -0.25) is 9.11 Å². The van der Waals surface area contributed by atoms with Gasteiger partial charge < -0.3 is 19.8 Å². The van der Waals surface area contributed by atoms with Crippen LogP contribution in [0.3, 0.4) is 0 Å². The first-order valence-corrected chi connectivity index (χ1v) is 16.0. The van der Waals surface area contributed by atoms with Crippen LogP contribution in [0.15, 0.2) is 0 Å². The number of nitrogens with zero attached hydrogens (tertiary/aromatic N) is 1. The molecule has 8 nitrogen and oxygen atoms in total. The summed E-state index contributed by atoms with van der Waals surface area (Å²) in [6, 6.07) is 0. The van der Waals surface area contributed by atoms with Crippen molar-refractivity contribution < 1.29 is 37.3 Å². The van der Waals surface area contributed by atoms with Crippen molar-refractivity contribution in [2.75, 3.05) is 39.4 Å². The maximum atomic E-state index is 10.5. The van der Waals surface area contributed by atoms with Gasteiger partial charge in [-0.05, 0) is 19.3 Å². The number of hydrogen-bond acceptors (Lipinski definition) is 5. The normalized spacial score (nSPS) is 12.9. The molecule has 0 aliphatic rings. The van der Waals surface area contributed by atoms with E-state index in [1.54, 1.807) is 0 Å². The number of aliphatic hydroxyl groups is 3. The van der Waals surface area contributed by atoms with E-state index in [0.717, 1.165) is 56.3 Å². The van der Waals surface area contributed by atoms with Crippen LogP contribution in [-0.2, 0) is 10.4 Å². The zero-order valence-corrected chi connectivity index (χ0v) is 24.3. The number of hydrogen-bond donors (Lipinski definition) is 5. The van der Waals surface area contributed by atoms with Gasteiger partial charge in [0.1, 0.15) is 12.6 Å². The van der Waals surface area contributed by atoms with Crippen molar-refractivity contribution in [2.24, 2.45) is 0 Å². The number of unbranched alkanes of at least 4 members (excludes halogenated alkanes) is 13. The second-order valence-corrected chi connectivity index (χ2v) is 11.2. The average Bonchev–Trinajstić information content (AvgIpc) is 2.80. The Balaban J connectivity index is 0. The highest BCUT2D eigenvalue weighted by molar-refractivity contribution is 7.79. The van der Waals surface area contributed by atoms with Crippen molar-refractivity contribution in [3.05, 3.63) is 0 Å². The Kier molecular flexibility index (Phi) is 27.7. The number of aliphatic hydroxyl groups excluding tert-OH is 3. The summed E-state index contributed by atoms with van der Waals surface area (Å²) >= 11 is 0. The third kappa shape index (κ3) is 29.9. The van der Waals surface area contributed by atoms with Gasteiger partial charge in [-0.25, -0.2) is 0 Å². The van der Waals surface area contributed by atoms with Crippen molar-refractivity contribution in [1.82, 2.24) is 0 Å². The summed E-state index contributed by atoms with van der Waals surface area (Å²) in [5.74, 6) is 0. The van der Waals surface area contributed by atoms with E-state index in [1.165, 1.54) is 89.9 Å². The first kappa shape index (κ1) is 37.9. The molecule has 9 heteroatoms. The Hall–Kier alpha value is -0.290. The van der Waals surface area contributed by atoms with Gasteiger partial charge >= 0.3 is 10.4 Å². The van der Waals surface area contributed by atoms with Gasteiger partial charge in [-0.1, -0.05) is 97.3 Å². The maximum absolute atomic E-state index is 10.5. The molecular formula is C27H60NO7S+. The van der Waals surface area contributed by atoms with Gasteiger partial charge in [0.05, 0.1) is 19.6 Å². The second kappa shape index (κ2) is 26.3. The monoisotopic (exact) mass is 542 g/mol. The SMILES string of the molecule is CCCCCCCCCCCCCCCC[N+](CCCO)(CCCO)C[C@@H](O)CCC.O=S(=O)(O)O. The molecule has 0 bridgehead atoms. The van der Waals surface area contributed by atoms with Crippen LogP contribution in [0.25, 0.3) is 0 Å². The van der Waals surface area contributed by atoms with E-state index in [-0.39, 0.29) is 19.3 Å². The minimum Gasteiger partial charge on any atom is -0.396 e. The van der Waals surface area contributed by atoms with Crippen molar-refractivity contribution >= 4 is 10.4 Å². The Morgan fingerprint density at radius 2 is 0.917 bits per heavy atom. The molecule has 36 heavy (non-hydrogen) atoms. The molecule has 0 rings (SSSR count). The van der Waals surface area contributed by atoms with Gasteiger partial charge in [0.15, 0.2) is 0 Å². The fraction of sp³-hybridized carbons (Fsp3) is 1.00. The standard InChI is InChI=1S/C27H58NO3.H2O4S/c1-3-5-6-7-8-9-10-11-12-13-14-15-16-17-21-28(22-18-24-29,23-19-25-30)26-27(31)20-4-2;1-5(2,3)4/h27,29-31H,3-26H2,1-2H3;(H2,1,2,3,4)/q+1;/t27-;/m0./s1. The molecule has 0 spiro atoms. The second-order valence-electron chi connectivity index (χ2n) is 10.3. The van der Waals surface area contributed by atoms with Crippen molar-refractivity contribution in [3.8, 4) is 0 Å². The maximum Gasteiger partial charge on any atom is 0.394 e. The summed E-state index contributed by atoms with van der Waals surface area (Å²) in [6.45, 7) is 8.48. The van der Waals surface area contributed by atoms with E-state index in [0.29, 0.717) is 0 Å². The molecule has 0 amide bonds. The van der Waals surface area contributed by atoms with Crippen LogP contribution in [-0.4, -0.2) is 82.8 Å². The molecule has 0 aromatic heterocycles. The van der Waals surface area contributed by atoms with Crippen molar-refractivity contribution in [1.29, 1.82) is 0 Å². The van der Waals surface area contributed by atoms with Gasteiger partial charge in [0.2, 0.25) is 0 Å². The Bertz CT molecular complexity index is 530. The van der Waals surface area contributed by atoms with Crippen LogP contribution < -0.4 is 0 Å². The molecule has 5 N–H and O–H groups in total. The molecule has 0 fully saturated rings. The first-order chi connectivity index (χ1) is 17.1. The van der Waals surface area contributed by atoms with Gasteiger partial charge in [-0.15, -0.1) is 0 Å². The predicted octanol–water partition coefficient (Wildman–Crippen LogP) is 5.56. The fourth-order valence-corrected chi connectivity index (χ4v) is 4.93. The van der Waals surface area contributed by atoms with Crippen LogP contribution in [0, 0.1) is 0 Å². The zero-order valence-electron chi connectivity index (χ0n) is 23.5. The highest BCUT2D eigenvalue weighted by Crippen LogP contribution is 2.18. The Morgan fingerprint density at radius 1 is 0.583 bits per heavy atom. The lowest BCUT2D eigenvalue weighted by Gasteiger charge is -2.40. The number of quaternary nitrogens is 1. The zero-order chi connectivity index (χ0) is 27.5. The van der Waals surface area contributed by atoms with E-state index >= 15 is 0 Å². The molecule has 0 aromatic carbocycles. The largest absolute Gasteiger partial charge is 0.396 e. The summed E-state index contributed by atoms with van der Waals surface area (Å²) in [5.41, 5.74) is 0. The summed E-state index contributed by atoms with van der Waals surface area (Å²) in [7, 11) is -4.67. The highest BCUT2D eigenvalue weighted by Gasteiger charge is 2.29. The topological polar surface area (TPSA) is 135 Å². The molecule has 0 saturated heterocycles. The molecule has 0 saturated carbocycles. The van der Waals surface area contributed by atoms with Crippen LogP contribution >= 0.6 is 0 Å². The lowest BCUT2D eigenvalue weighted by molar-refractivity contribution is -0.931. The summed E-state index contributed by atoms with van der Waals surface area (Å²) in [4.78, 5) is 0. The quantitative estimate of drug-likeness (QED) is 0.0579. The molecule has 0 unspecified atom stereocenters. The summed E-state index contributed by atoms with van der Waals surface area (Å²) in [5, 5.41) is 29.2. The molecule has 1 atom stereocenters. The van der Waals surface area contributed by atoms with E-state index in [2.05, 4.69) is 13.8 Å². The smallest absolute Gasteiger partial charge is 0.394 e. The van der Waals surface area contributed by atoms with E-state index in [4.69, 9.17) is 17.5 Å². The highest BCUT2D eigenvalue weighted by atomic mass is 32.3. The van der Waals surface area contributed by atoms with E-state index in [9.17, 15) is 15.3 Å². The summed E-state index contributed by atoms with van der Waals surface area (Å²) in [6.07, 6.45) is 22.3. The molecule has 0 radical (unpaired) electrons. The fourth-order valence-electron chi connectivity index (χ4n) is 4.93. The Labute approximate surface area is 222 Å². The third-order valence-electron chi connectivity index (χ3n) is 6.79. The molecule has 220 valence electrons. The van der Waals surface area contributed by atoms with Crippen molar-refractivity contribution in [3.63, 3.8) is 0 Å². The third-order valence-corrected chi connectivity index (χ3v) is 6.79.